The zero-order chi connectivity index (χ0) is 15.7. The average molecular weight is 292 g/mol. The van der Waals surface area contributed by atoms with Crippen molar-refractivity contribution in [2.75, 3.05) is 24.6 Å². The third kappa shape index (κ3) is 5.68. The molecule has 1 unspecified atom stereocenters. The van der Waals surface area contributed by atoms with Crippen molar-refractivity contribution in [1.29, 1.82) is 0 Å². The molecule has 2 N–H and O–H groups in total. The molecule has 0 heterocycles. The molecule has 0 bridgehead atoms. The van der Waals surface area contributed by atoms with Gasteiger partial charge in [-0.2, -0.15) is 0 Å². The third-order valence-electron chi connectivity index (χ3n) is 4.16. The molecule has 0 amide bonds. The van der Waals surface area contributed by atoms with Crippen molar-refractivity contribution in [3.8, 4) is 0 Å². The molecule has 1 aromatic rings. The third-order valence-corrected chi connectivity index (χ3v) is 4.16. The lowest BCUT2D eigenvalue weighted by atomic mass is 9.90. The van der Waals surface area contributed by atoms with Crippen LogP contribution in [0.25, 0.3) is 0 Å². The van der Waals surface area contributed by atoms with Crippen molar-refractivity contribution in [2.45, 2.75) is 58.5 Å². The van der Waals surface area contributed by atoms with Crippen LogP contribution in [0.5, 0.6) is 0 Å². The van der Waals surface area contributed by atoms with Crippen LogP contribution in [0.15, 0.2) is 30.3 Å². The van der Waals surface area contributed by atoms with Crippen LogP contribution < -0.4 is 10.2 Å². The lowest BCUT2D eigenvalue weighted by molar-refractivity contribution is 0.136. The van der Waals surface area contributed by atoms with Crippen LogP contribution >= 0.6 is 0 Å². The van der Waals surface area contributed by atoms with E-state index in [1.54, 1.807) is 0 Å². The van der Waals surface area contributed by atoms with Crippen LogP contribution in [0.1, 0.15) is 47.0 Å². The molecular formula is C18H32N2O. The molecule has 1 rings (SSSR count). The number of para-hydroxylation sites is 1. The number of nitrogens with zero attached hydrogens (tertiary/aromatic N) is 1. The number of hydrogen-bond acceptors (Lipinski definition) is 3. The van der Waals surface area contributed by atoms with Crippen molar-refractivity contribution in [3.05, 3.63) is 30.3 Å². The molecule has 0 aliphatic heterocycles. The second-order valence-corrected chi connectivity index (χ2v) is 6.11. The molecule has 1 aromatic carbocycles. The Morgan fingerprint density at radius 1 is 1.19 bits per heavy atom. The highest BCUT2D eigenvalue weighted by molar-refractivity contribution is 5.45. The van der Waals surface area contributed by atoms with Gasteiger partial charge in [-0.3, -0.25) is 0 Å². The standard InChI is InChI=1S/C18H32N2O/c1-5-18(15-21,19-16(3)4)13-10-14-20(6-2)17-11-8-7-9-12-17/h7-9,11-12,16,19,21H,5-6,10,13-15H2,1-4H3. The zero-order valence-electron chi connectivity index (χ0n) is 14.1. The van der Waals surface area contributed by atoms with E-state index in [4.69, 9.17) is 0 Å². The summed E-state index contributed by atoms with van der Waals surface area (Å²) in [6, 6.07) is 10.9. The number of rotatable bonds is 10. The first kappa shape index (κ1) is 18.0. The van der Waals surface area contributed by atoms with E-state index in [-0.39, 0.29) is 12.1 Å². The van der Waals surface area contributed by atoms with Gasteiger partial charge in [0.25, 0.3) is 0 Å². The molecule has 0 saturated heterocycles. The maximum atomic E-state index is 9.79. The minimum absolute atomic E-state index is 0.135. The number of benzene rings is 1. The molecule has 0 fully saturated rings. The molecule has 3 nitrogen and oxygen atoms in total. The fraction of sp³-hybridized carbons (Fsp3) is 0.667. The van der Waals surface area contributed by atoms with Gasteiger partial charge in [0.1, 0.15) is 0 Å². The fourth-order valence-corrected chi connectivity index (χ4v) is 2.92. The van der Waals surface area contributed by atoms with Gasteiger partial charge < -0.3 is 15.3 Å². The van der Waals surface area contributed by atoms with Crippen LogP contribution in [0, 0.1) is 0 Å². The first-order chi connectivity index (χ1) is 10.1. The largest absolute Gasteiger partial charge is 0.394 e. The summed E-state index contributed by atoms with van der Waals surface area (Å²) in [7, 11) is 0. The van der Waals surface area contributed by atoms with Gasteiger partial charge in [-0.15, -0.1) is 0 Å². The topological polar surface area (TPSA) is 35.5 Å². The van der Waals surface area contributed by atoms with E-state index in [9.17, 15) is 5.11 Å². The zero-order valence-corrected chi connectivity index (χ0v) is 14.1. The Hall–Kier alpha value is -1.06. The van der Waals surface area contributed by atoms with Crippen LogP contribution in [0.3, 0.4) is 0 Å². The van der Waals surface area contributed by atoms with Crippen molar-refractivity contribution in [2.24, 2.45) is 0 Å². The quantitative estimate of drug-likeness (QED) is 0.693. The Morgan fingerprint density at radius 3 is 2.33 bits per heavy atom. The number of hydrogen-bond donors (Lipinski definition) is 2. The normalized spacial score (nSPS) is 14.2. The Kier molecular flexibility index (Phi) is 7.76. The monoisotopic (exact) mass is 292 g/mol. The highest BCUT2D eigenvalue weighted by Gasteiger charge is 2.27. The van der Waals surface area contributed by atoms with Crippen LogP contribution in [0.2, 0.25) is 0 Å². The van der Waals surface area contributed by atoms with E-state index in [1.807, 2.05) is 0 Å². The van der Waals surface area contributed by atoms with Crippen LogP contribution in [-0.4, -0.2) is 36.4 Å². The van der Waals surface area contributed by atoms with Gasteiger partial charge in [-0.25, -0.2) is 0 Å². The Balaban J connectivity index is 2.56. The first-order valence-corrected chi connectivity index (χ1v) is 8.25. The minimum atomic E-state index is -0.135. The van der Waals surface area contributed by atoms with E-state index in [2.05, 4.69) is 68.2 Å². The molecule has 0 spiro atoms. The molecule has 0 saturated carbocycles. The molecule has 3 heteroatoms. The predicted molar refractivity (Wildman–Crippen MR) is 91.9 cm³/mol. The van der Waals surface area contributed by atoms with Crippen LogP contribution in [-0.2, 0) is 0 Å². The van der Waals surface area contributed by atoms with Gasteiger partial charge in [0.05, 0.1) is 6.61 Å². The highest BCUT2D eigenvalue weighted by atomic mass is 16.3. The highest BCUT2D eigenvalue weighted by Crippen LogP contribution is 2.20. The second kappa shape index (κ2) is 9.06. The molecule has 0 aromatic heterocycles. The molecular weight excluding hydrogens is 260 g/mol. The number of nitrogens with one attached hydrogen (secondary N) is 1. The lowest BCUT2D eigenvalue weighted by Crippen LogP contribution is -2.51. The van der Waals surface area contributed by atoms with E-state index >= 15 is 0 Å². The summed E-state index contributed by atoms with van der Waals surface area (Å²) in [4.78, 5) is 2.40. The fourth-order valence-electron chi connectivity index (χ4n) is 2.92. The number of anilines is 1. The van der Waals surface area contributed by atoms with Crippen molar-refractivity contribution < 1.29 is 5.11 Å². The summed E-state index contributed by atoms with van der Waals surface area (Å²) in [6.07, 6.45) is 3.04. The van der Waals surface area contributed by atoms with E-state index in [0.29, 0.717) is 6.04 Å². The number of aliphatic hydroxyl groups excluding tert-OH is 1. The van der Waals surface area contributed by atoms with Crippen molar-refractivity contribution in [3.63, 3.8) is 0 Å². The summed E-state index contributed by atoms with van der Waals surface area (Å²) in [5.74, 6) is 0. The summed E-state index contributed by atoms with van der Waals surface area (Å²) < 4.78 is 0. The predicted octanol–water partition coefficient (Wildman–Crippen LogP) is 3.43. The second-order valence-electron chi connectivity index (χ2n) is 6.11. The lowest BCUT2D eigenvalue weighted by Gasteiger charge is -2.35. The molecule has 21 heavy (non-hydrogen) atoms. The van der Waals surface area contributed by atoms with Crippen molar-refractivity contribution in [1.82, 2.24) is 5.32 Å². The number of aliphatic hydroxyl groups is 1. The summed E-state index contributed by atoms with van der Waals surface area (Å²) >= 11 is 0. The van der Waals surface area contributed by atoms with Gasteiger partial charge in [0.2, 0.25) is 0 Å². The Morgan fingerprint density at radius 2 is 1.86 bits per heavy atom. The molecule has 0 aliphatic carbocycles. The average Bonchev–Trinajstić information content (AvgIpc) is 2.51. The van der Waals surface area contributed by atoms with Crippen molar-refractivity contribution >= 4 is 5.69 Å². The van der Waals surface area contributed by atoms with Gasteiger partial charge in [0.15, 0.2) is 0 Å². The van der Waals surface area contributed by atoms with E-state index in [1.165, 1.54) is 5.69 Å². The summed E-state index contributed by atoms with van der Waals surface area (Å²) in [5, 5.41) is 13.3. The molecule has 0 aliphatic rings. The van der Waals surface area contributed by atoms with Gasteiger partial charge in [0, 0.05) is 30.4 Å². The van der Waals surface area contributed by atoms with Gasteiger partial charge in [-0.05, 0) is 38.3 Å². The van der Waals surface area contributed by atoms with E-state index in [0.717, 1.165) is 32.4 Å². The smallest absolute Gasteiger partial charge is 0.0613 e. The van der Waals surface area contributed by atoms with Gasteiger partial charge >= 0.3 is 0 Å². The molecule has 1 atom stereocenters. The Labute approximate surface area is 130 Å². The SMILES string of the molecule is CCN(CCCC(CC)(CO)NC(C)C)c1ccccc1. The van der Waals surface area contributed by atoms with E-state index < -0.39 is 0 Å². The van der Waals surface area contributed by atoms with Gasteiger partial charge in [-0.1, -0.05) is 39.0 Å². The van der Waals surface area contributed by atoms with Crippen LogP contribution in [0.4, 0.5) is 5.69 Å². The summed E-state index contributed by atoms with van der Waals surface area (Å²) in [6.45, 7) is 10.9. The maximum absolute atomic E-state index is 9.79. The molecule has 0 radical (unpaired) electrons. The Bertz CT molecular complexity index is 374. The molecule has 120 valence electrons. The summed E-state index contributed by atoms with van der Waals surface area (Å²) in [5.41, 5.74) is 1.15. The maximum Gasteiger partial charge on any atom is 0.0613 e. The first-order valence-electron chi connectivity index (χ1n) is 8.25. The minimum Gasteiger partial charge on any atom is -0.394 e.